The topological polar surface area (TPSA) is 76.3 Å². The molecule has 0 radical (unpaired) electrons. The largest absolute Gasteiger partial charge is 0.375 e. The predicted molar refractivity (Wildman–Crippen MR) is 126 cm³/mol. The lowest BCUT2D eigenvalue weighted by molar-refractivity contribution is -0.0330. The highest BCUT2D eigenvalue weighted by molar-refractivity contribution is 5.68. The first-order valence-electron chi connectivity index (χ1n) is 10.9. The number of anilines is 2. The number of nitrogens with zero attached hydrogens (tertiary/aromatic N) is 3. The van der Waals surface area contributed by atoms with E-state index in [9.17, 15) is 0 Å². The highest BCUT2D eigenvalue weighted by Gasteiger charge is 2.20. The van der Waals surface area contributed by atoms with Crippen molar-refractivity contribution in [1.29, 1.82) is 0 Å². The van der Waals surface area contributed by atoms with Crippen LogP contribution in [0.2, 0.25) is 0 Å². The van der Waals surface area contributed by atoms with E-state index in [1.807, 2.05) is 12.1 Å². The molecular formula is C25H31N5O. The molecule has 1 aliphatic rings. The van der Waals surface area contributed by atoms with E-state index in [1.54, 1.807) is 0 Å². The Bertz CT molecular complexity index is 1010. The standard InChI is InChI=1S/C25H31N5O/c1-18-7-6-10-22(19(18)2)23-15-24(29-25(26)28-23)27-12-11-21-17-30(13-14-31-21)16-20-8-4-3-5-9-20/h3-10,15,21H,11-14,16-17H2,1-2H3,(H3,26,27,28,29). The molecule has 1 aliphatic heterocycles. The minimum Gasteiger partial charge on any atom is -0.375 e. The second-order valence-corrected chi connectivity index (χ2v) is 8.17. The number of nitrogens with one attached hydrogen (secondary N) is 1. The molecule has 1 fully saturated rings. The number of aryl methyl sites for hydroxylation is 1. The van der Waals surface area contributed by atoms with Gasteiger partial charge in [-0.2, -0.15) is 4.98 Å². The lowest BCUT2D eigenvalue weighted by Crippen LogP contribution is -2.42. The molecule has 0 saturated carbocycles. The lowest BCUT2D eigenvalue weighted by atomic mass is 10.0. The summed E-state index contributed by atoms with van der Waals surface area (Å²) in [6, 6.07) is 18.8. The molecule has 31 heavy (non-hydrogen) atoms. The quantitative estimate of drug-likeness (QED) is 0.604. The van der Waals surface area contributed by atoms with Crippen molar-refractivity contribution >= 4 is 11.8 Å². The molecule has 1 unspecified atom stereocenters. The van der Waals surface area contributed by atoms with Gasteiger partial charge in [-0.15, -0.1) is 0 Å². The number of nitrogens with two attached hydrogens (primary N) is 1. The average molecular weight is 418 g/mol. The van der Waals surface area contributed by atoms with Gasteiger partial charge in [0, 0.05) is 37.8 Å². The van der Waals surface area contributed by atoms with Crippen LogP contribution in [0.25, 0.3) is 11.3 Å². The number of hydrogen-bond donors (Lipinski definition) is 2. The monoisotopic (exact) mass is 417 g/mol. The fraction of sp³-hybridized carbons (Fsp3) is 0.360. The molecule has 6 heteroatoms. The number of aromatic nitrogens is 2. The predicted octanol–water partition coefficient (Wildman–Crippen LogP) is 4.05. The summed E-state index contributed by atoms with van der Waals surface area (Å²) in [4.78, 5) is 11.3. The Labute approximate surface area is 184 Å². The van der Waals surface area contributed by atoms with E-state index in [-0.39, 0.29) is 12.1 Å². The number of benzene rings is 2. The van der Waals surface area contributed by atoms with Crippen LogP contribution in [0.4, 0.5) is 11.8 Å². The molecule has 2 aromatic carbocycles. The molecule has 6 nitrogen and oxygen atoms in total. The Morgan fingerprint density at radius 1 is 1.10 bits per heavy atom. The maximum Gasteiger partial charge on any atom is 0.222 e. The lowest BCUT2D eigenvalue weighted by Gasteiger charge is -2.33. The molecule has 1 aromatic heterocycles. The molecule has 3 aromatic rings. The van der Waals surface area contributed by atoms with Crippen LogP contribution in [0.3, 0.4) is 0 Å². The van der Waals surface area contributed by atoms with Gasteiger partial charge in [-0.05, 0) is 37.0 Å². The summed E-state index contributed by atoms with van der Waals surface area (Å²) in [6.45, 7) is 8.64. The Hall–Kier alpha value is -2.96. The second kappa shape index (κ2) is 9.90. The molecule has 0 bridgehead atoms. The third-order valence-corrected chi connectivity index (χ3v) is 5.87. The van der Waals surface area contributed by atoms with Crippen molar-refractivity contribution in [3.63, 3.8) is 0 Å². The second-order valence-electron chi connectivity index (χ2n) is 8.17. The average Bonchev–Trinajstić information content (AvgIpc) is 2.76. The van der Waals surface area contributed by atoms with Crippen molar-refractivity contribution in [2.45, 2.75) is 32.9 Å². The summed E-state index contributed by atoms with van der Waals surface area (Å²) in [7, 11) is 0. The third-order valence-electron chi connectivity index (χ3n) is 5.87. The van der Waals surface area contributed by atoms with Crippen molar-refractivity contribution in [2.75, 3.05) is 37.3 Å². The van der Waals surface area contributed by atoms with Gasteiger partial charge in [0.1, 0.15) is 5.82 Å². The van der Waals surface area contributed by atoms with Crippen molar-refractivity contribution in [1.82, 2.24) is 14.9 Å². The number of ether oxygens (including phenoxy) is 1. The molecule has 3 N–H and O–H groups in total. The van der Waals surface area contributed by atoms with Gasteiger partial charge in [0.2, 0.25) is 5.95 Å². The van der Waals surface area contributed by atoms with E-state index in [0.717, 1.165) is 56.3 Å². The first-order chi connectivity index (χ1) is 15.1. The summed E-state index contributed by atoms with van der Waals surface area (Å²) in [5.41, 5.74) is 11.7. The van der Waals surface area contributed by atoms with Crippen LogP contribution in [0.5, 0.6) is 0 Å². The highest BCUT2D eigenvalue weighted by atomic mass is 16.5. The Morgan fingerprint density at radius 2 is 1.94 bits per heavy atom. The van der Waals surface area contributed by atoms with Gasteiger partial charge in [0.25, 0.3) is 0 Å². The van der Waals surface area contributed by atoms with Gasteiger partial charge in [-0.1, -0.05) is 48.5 Å². The minimum absolute atomic E-state index is 0.211. The fourth-order valence-corrected chi connectivity index (χ4v) is 4.02. The van der Waals surface area contributed by atoms with Gasteiger partial charge >= 0.3 is 0 Å². The Balaban J connectivity index is 1.34. The van der Waals surface area contributed by atoms with Crippen LogP contribution >= 0.6 is 0 Å². The Morgan fingerprint density at radius 3 is 2.77 bits per heavy atom. The first-order valence-corrected chi connectivity index (χ1v) is 10.9. The maximum absolute atomic E-state index is 6.00. The van der Waals surface area contributed by atoms with Crippen LogP contribution in [0, 0.1) is 13.8 Å². The molecule has 0 aliphatic carbocycles. The van der Waals surface area contributed by atoms with Gasteiger partial charge in [-0.3, -0.25) is 4.90 Å². The zero-order valence-corrected chi connectivity index (χ0v) is 18.3. The van der Waals surface area contributed by atoms with Crippen LogP contribution in [-0.2, 0) is 11.3 Å². The van der Waals surface area contributed by atoms with Crippen LogP contribution in [0.1, 0.15) is 23.1 Å². The highest BCUT2D eigenvalue weighted by Crippen LogP contribution is 2.26. The van der Waals surface area contributed by atoms with Crippen molar-refractivity contribution in [3.8, 4) is 11.3 Å². The van der Waals surface area contributed by atoms with Crippen molar-refractivity contribution in [3.05, 3.63) is 71.3 Å². The Kier molecular flexibility index (Phi) is 6.79. The van der Waals surface area contributed by atoms with Crippen molar-refractivity contribution < 1.29 is 4.74 Å². The molecule has 2 heterocycles. The van der Waals surface area contributed by atoms with E-state index in [1.165, 1.54) is 16.7 Å². The molecule has 1 saturated heterocycles. The molecular weight excluding hydrogens is 386 g/mol. The van der Waals surface area contributed by atoms with Gasteiger partial charge in [0.05, 0.1) is 18.4 Å². The van der Waals surface area contributed by atoms with E-state index in [2.05, 4.69) is 76.5 Å². The van der Waals surface area contributed by atoms with Crippen molar-refractivity contribution in [2.24, 2.45) is 0 Å². The smallest absolute Gasteiger partial charge is 0.222 e. The molecule has 0 spiro atoms. The summed E-state index contributed by atoms with van der Waals surface area (Å²) in [5.74, 6) is 1.03. The molecule has 0 amide bonds. The maximum atomic E-state index is 6.00. The number of morpholine rings is 1. The van der Waals surface area contributed by atoms with E-state index < -0.39 is 0 Å². The van der Waals surface area contributed by atoms with Crippen LogP contribution in [0.15, 0.2) is 54.6 Å². The summed E-state index contributed by atoms with van der Waals surface area (Å²) < 4.78 is 5.99. The normalized spacial score (nSPS) is 16.9. The minimum atomic E-state index is 0.211. The van der Waals surface area contributed by atoms with E-state index in [4.69, 9.17) is 10.5 Å². The first kappa shape index (κ1) is 21.3. The van der Waals surface area contributed by atoms with Crippen LogP contribution < -0.4 is 11.1 Å². The van der Waals surface area contributed by atoms with Gasteiger partial charge in [0.15, 0.2) is 0 Å². The molecule has 4 rings (SSSR count). The third kappa shape index (κ3) is 5.60. The summed E-state index contributed by atoms with van der Waals surface area (Å²) in [5, 5.41) is 3.41. The van der Waals surface area contributed by atoms with E-state index in [0.29, 0.717) is 0 Å². The number of nitrogen functional groups attached to an aromatic ring is 1. The molecule has 1 atom stereocenters. The SMILES string of the molecule is Cc1cccc(-c2cc(NCCC3CN(Cc4ccccc4)CCO3)nc(N)n2)c1C. The molecule has 162 valence electrons. The zero-order chi connectivity index (χ0) is 21.6. The summed E-state index contributed by atoms with van der Waals surface area (Å²) in [6.07, 6.45) is 1.12. The summed E-state index contributed by atoms with van der Waals surface area (Å²) >= 11 is 0. The zero-order valence-electron chi connectivity index (χ0n) is 18.3. The van der Waals surface area contributed by atoms with E-state index >= 15 is 0 Å². The number of hydrogen-bond acceptors (Lipinski definition) is 6. The van der Waals surface area contributed by atoms with Gasteiger partial charge < -0.3 is 15.8 Å². The van der Waals surface area contributed by atoms with Gasteiger partial charge in [-0.25, -0.2) is 4.98 Å². The van der Waals surface area contributed by atoms with Crippen LogP contribution in [-0.4, -0.2) is 47.2 Å². The number of rotatable bonds is 7. The fourth-order valence-electron chi connectivity index (χ4n) is 4.02.